The summed E-state index contributed by atoms with van der Waals surface area (Å²) in [6.07, 6.45) is 3.88. The maximum atomic E-state index is 11.1. The molecule has 8 heteroatoms. The molecule has 1 aliphatic heterocycles. The Kier molecular flexibility index (Phi) is 3.34. The Morgan fingerprint density at radius 2 is 2.37 bits per heavy atom. The highest BCUT2D eigenvalue weighted by molar-refractivity contribution is 7.15. The molecule has 0 aliphatic carbocycles. The topological polar surface area (TPSA) is 84.5 Å². The van der Waals surface area contributed by atoms with Crippen LogP contribution in [0.4, 0.5) is 11.6 Å². The highest BCUT2D eigenvalue weighted by atomic mass is 32.1. The molecular weight excluding hydrogens is 266 g/mol. The minimum Gasteiger partial charge on any atom is -0.363 e. The van der Waals surface area contributed by atoms with E-state index in [0.717, 1.165) is 32.5 Å². The zero-order valence-electron chi connectivity index (χ0n) is 10.3. The van der Waals surface area contributed by atoms with E-state index < -0.39 is 0 Å². The summed E-state index contributed by atoms with van der Waals surface area (Å²) in [6, 6.07) is 0. The van der Waals surface area contributed by atoms with Crippen LogP contribution in [-0.2, 0) is 0 Å². The van der Waals surface area contributed by atoms with E-state index in [1.807, 2.05) is 0 Å². The number of hydrogen-bond acceptors (Lipinski definition) is 6. The van der Waals surface area contributed by atoms with E-state index in [9.17, 15) is 10.1 Å². The Hall–Kier alpha value is -1.67. The summed E-state index contributed by atoms with van der Waals surface area (Å²) in [5.41, 5.74) is 0. The molecule has 1 fully saturated rings. The van der Waals surface area contributed by atoms with Gasteiger partial charge in [0.2, 0.25) is 5.82 Å². The fourth-order valence-corrected chi connectivity index (χ4v) is 3.10. The van der Waals surface area contributed by atoms with E-state index in [0.29, 0.717) is 16.7 Å². The Bertz CT molecular complexity index is 587. The van der Waals surface area contributed by atoms with Gasteiger partial charge in [-0.2, -0.15) is 9.38 Å². The van der Waals surface area contributed by atoms with Gasteiger partial charge in [-0.3, -0.25) is 0 Å². The minimum atomic E-state index is -0.378. The molecule has 102 valence electrons. The van der Waals surface area contributed by atoms with Crippen molar-refractivity contribution in [1.82, 2.24) is 14.7 Å². The molecule has 0 saturated carbocycles. The molecular formula is C11H15N5O2S. The average Bonchev–Trinajstić information content (AvgIpc) is 2.96. The van der Waals surface area contributed by atoms with Crippen LogP contribution in [0.2, 0.25) is 0 Å². The lowest BCUT2D eigenvalue weighted by Gasteiger charge is -2.22. The second-order valence-electron chi connectivity index (χ2n) is 4.67. The highest BCUT2D eigenvalue weighted by Gasteiger charge is 2.24. The van der Waals surface area contributed by atoms with E-state index in [4.69, 9.17) is 0 Å². The lowest BCUT2D eigenvalue weighted by Crippen LogP contribution is -2.31. The Morgan fingerprint density at radius 3 is 3.11 bits per heavy atom. The number of aromatic nitrogens is 2. The molecule has 3 heterocycles. The number of nitro groups is 1. The van der Waals surface area contributed by atoms with E-state index in [1.54, 1.807) is 11.6 Å². The number of anilines is 1. The second kappa shape index (κ2) is 5.14. The molecule has 0 unspecified atom stereocenters. The van der Waals surface area contributed by atoms with Gasteiger partial charge in [0.15, 0.2) is 0 Å². The first-order valence-electron chi connectivity index (χ1n) is 6.30. The van der Waals surface area contributed by atoms with Crippen LogP contribution in [0.1, 0.15) is 12.8 Å². The Balaban J connectivity index is 1.77. The minimum absolute atomic E-state index is 0.0326. The van der Waals surface area contributed by atoms with Crippen LogP contribution >= 0.6 is 11.3 Å². The summed E-state index contributed by atoms with van der Waals surface area (Å²) in [5, 5.41) is 19.4. The molecule has 2 aromatic rings. The first kappa shape index (κ1) is 12.4. The van der Waals surface area contributed by atoms with Crippen LogP contribution in [-0.4, -0.2) is 33.9 Å². The zero-order valence-corrected chi connectivity index (χ0v) is 11.2. The summed E-state index contributed by atoms with van der Waals surface area (Å²) in [5.74, 6) is 0.973. The molecule has 1 aliphatic rings. The third kappa shape index (κ3) is 2.41. The zero-order chi connectivity index (χ0) is 13.2. The molecule has 2 N–H and O–H groups in total. The normalized spacial score (nSPS) is 16.8. The van der Waals surface area contributed by atoms with Crippen LogP contribution in [0.15, 0.2) is 11.6 Å². The van der Waals surface area contributed by atoms with Gasteiger partial charge in [0.25, 0.3) is 4.96 Å². The summed E-state index contributed by atoms with van der Waals surface area (Å²) < 4.78 is 1.52. The van der Waals surface area contributed by atoms with Crippen LogP contribution in [0.5, 0.6) is 0 Å². The molecule has 0 amide bonds. The van der Waals surface area contributed by atoms with E-state index in [-0.39, 0.29) is 10.7 Å². The fraction of sp³-hybridized carbons (Fsp3) is 0.545. The third-order valence-electron chi connectivity index (χ3n) is 3.43. The van der Waals surface area contributed by atoms with Gasteiger partial charge in [-0.25, -0.2) is 0 Å². The van der Waals surface area contributed by atoms with Gasteiger partial charge in [0.05, 0.1) is 0 Å². The number of piperidine rings is 1. The van der Waals surface area contributed by atoms with Crippen molar-refractivity contribution in [3.8, 4) is 0 Å². The average molecular weight is 281 g/mol. The third-order valence-corrected chi connectivity index (χ3v) is 4.18. The lowest BCUT2D eigenvalue weighted by atomic mass is 9.98. The van der Waals surface area contributed by atoms with Gasteiger partial charge < -0.3 is 20.7 Å². The van der Waals surface area contributed by atoms with Crippen molar-refractivity contribution < 1.29 is 4.92 Å². The predicted octanol–water partition coefficient (Wildman–Crippen LogP) is 1.72. The molecule has 0 atom stereocenters. The lowest BCUT2D eigenvalue weighted by molar-refractivity contribution is -0.389. The number of nitrogens with one attached hydrogen (secondary N) is 2. The van der Waals surface area contributed by atoms with Crippen LogP contribution in [0, 0.1) is 16.0 Å². The van der Waals surface area contributed by atoms with Crippen LogP contribution in [0.25, 0.3) is 4.96 Å². The predicted molar refractivity (Wildman–Crippen MR) is 73.8 cm³/mol. The summed E-state index contributed by atoms with van der Waals surface area (Å²) in [6.45, 7) is 2.78. The number of fused-ring (bicyclic) bond motifs is 1. The Morgan fingerprint density at radius 1 is 1.58 bits per heavy atom. The van der Waals surface area contributed by atoms with Crippen molar-refractivity contribution in [2.45, 2.75) is 12.8 Å². The number of thiazole rings is 1. The van der Waals surface area contributed by atoms with Gasteiger partial charge in [0, 0.05) is 11.9 Å². The molecule has 3 rings (SSSR count). The molecule has 2 aromatic heterocycles. The number of nitrogens with zero attached hydrogens (tertiary/aromatic N) is 3. The first-order valence-corrected chi connectivity index (χ1v) is 7.18. The van der Waals surface area contributed by atoms with Crippen molar-refractivity contribution in [3.05, 3.63) is 21.7 Å². The molecule has 0 bridgehead atoms. The highest BCUT2D eigenvalue weighted by Crippen LogP contribution is 2.28. The fourth-order valence-electron chi connectivity index (χ4n) is 2.39. The second-order valence-corrected chi connectivity index (χ2v) is 5.54. The van der Waals surface area contributed by atoms with Crippen molar-refractivity contribution in [2.75, 3.05) is 25.0 Å². The van der Waals surface area contributed by atoms with Gasteiger partial charge in [0.1, 0.15) is 6.20 Å². The SMILES string of the molecule is O=[N+]([O-])c1c(NCC2CCNCC2)nc2sccn12. The molecule has 1 saturated heterocycles. The standard InChI is InChI=1S/C11H15N5O2S/c17-16(18)10-9(14-11-15(10)5-6-19-11)13-7-8-1-3-12-4-2-8/h5-6,8,12-13H,1-4,7H2. The van der Waals surface area contributed by atoms with Crippen molar-refractivity contribution >= 4 is 27.9 Å². The summed E-state index contributed by atoms with van der Waals surface area (Å²) in [4.78, 5) is 15.7. The molecule has 0 radical (unpaired) electrons. The maximum absolute atomic E-state index is 11.1. The van der Waals surface area contributed by atoms with E-state index in [1.165, 1.54) is 15.7 Å². The largest absolute Gasteiger partial charge is 0.372 e. The van der Waals surface area contributed by atoms with Gasteiger partial charge in [-0.05, 0) is 36.8 Å². The van der Waals surface area contributed by atoms with Crippen molar-refractivity contribution in [1.29, 1.82) is 0 Å². The van der Waals surface area contributed by atoms with E-state index in [2.05, 4.69) is 15.6 Å². The summed E-state index contributed by atoms with van der Waals surface area (Å²) in [7, 11) is 0. The molecule has 0 aromatic carbocycles. The molecule has 19 heavy (non-hydrogen) atoms. The molecule has 0 spiro atoms. The van der Waals surface area contributed by atoms with Gasteiger partial charge >= 0.3 is 5.82 Å². The Labute approximate surface area is 113 Å². The molecule has 7 nitrogen and oxygen atoms in total. The van der Waals surface area contributed by atoms with Crippen molar-refractivity contribution in [2.24, 2.45) is 5.92 Å². The smallest absolute Gasteiger partial charge is 0.363 e. The number of hydrogen-bond donors (Lipinski definition) is 2. The maximum Gasteiger partial charge on any atom is 0.372 e. The van der Waals surface area contributed by atoms with Crippen LogP contribution in [0.3, 0.4) is 0 Å². The van der Waals surface area contributed by atoms with Gasteiger partial charge in [-0.15, -0.1) is 0 Å². The van der Waals surface area contributed by atoms with E-state index >= 15 is 0 Å². The van der Waals surface area contributed by atoms with Crippen LogP contribution < -0.4 is 10.6 Å². The number of rotatable bonds is 4. The van der Waals surface area contributed by atoms with Gasteiger partial charge in [-0.1, -0.05) is 11.3 Å². The number of imidazole rings is 1. The quantitative estimate of drug-likeness (QED) is 0.658. The first-order chi connectivity index (χ1) is 9.25. The van der Waals surface area contributed by atoms with Crippen molar-refractivity contribution in [3.63, 3.8) is 0 Å². The summed E-state index contributed by atoms with van der Waals surface area (Å²) >= 11 is 1.40. The monoisotopic (exact) mass is 281 g/mol.